The molecule has 140 valence electrons. The number of benzene rings is 1. The zero-order valence-corrected chi connectivity index (χ0v) is 16.4. The fourth-order valence-corrected chi connectivity index (χ4v) is 8.89. The molecule has 26 heavy (non-hydrogen) atoms. The molecule has 1 aromatic carbocycles. The van der Waals surface area contributed by atoms with E-state index in [2.05, 4.69) is 18.2 Å². The van der Waals surface area contributed by atoms with Crippen molar-refractivity contribution in [2.24, 2.45) is 11.3 Å². The van der Waals surface area contributed by atoms with Crippen molar-refractivity contribution in [1.29, 1.82) is 0 Å². The molecule has 1 saturated heterocycles. The number of fused-ring (bicyclic) bond motifs is 5. The van der Waals surface area contributed by atoms with Gasteiger partial charge in [-0.2, -0.15) is 0 Å². The lowest BCUT2D eigenvalue weighted by Gasteiger charge is -2.51. The van der Waals surface area contributed by atoms with Gasteiger partial charge in [0.05, 0.1) is 18.1 Å². The Morgan fingerprint density at radius 1 is 1.08 bits per heavy atom. The van der Waals surface area contributed by atoms with Crippen molar-refractivity contribution in [3.8, 4) is 5.75 Å². The number of aryl methyl sites for hydroxylation is 1. The lowest BCUT2D eigenvalue weighted by molar-refractivity contribution is 0.158. The first kappa shape index (κ1) is 16.9. The number of rotatable bonds is 1. The van der Waals surface area contributed by atoms with Gasteiger partial charge in [0.2, 0.25) is 0 Å². The van der Waals surface area contributed by atoms with E-state index in [-0.39, 0.29) is 16.6 Å². The number of hydrogen-bond donors (Lipinski definition) is 0. The van der Waals surface area contributed by atoms with Gasteiger partial charge in [-0.05, 0) is 79.2 Å². The first-order valence-electron chi connectivity index (χ1n) is 10.1. The van der Waals surface area contributed by atoms with Crippen LogP contribution in [0, 0.1) is 11.3 Å². The maximum Gasteiger partial charge on any atom is 0.153 e. The summed E-state index contributed by atoms with van der Waals surface area (Å²) in [5.41, 5.74) is 5.98. The summed E-state index contributed by atoms with van der Waals surface area (Å²) in [4.78, 5) is 0. The van der Waals surface area contributed by atoms with E-state index < -0.39 is 9.84 Å². The lowest BCUT2D eigenvalue weighted by atomic mass is 9.60. The molecule has 0 radical (unpaired) electrons. The third-order valence-electron chi connectivity index (χ3n) is 7.72. The van der Waals surface area contributed by atoms with Crippen LogP contribution in [0.3, 0.4) is 0 Å². The molecular formula is C22H28O3S. The number of allylic oxidation sites excluding steroid dienone is 2. The maximum absolute atomic E-state index is 12.9. The minimum atomic E-state index is -2.94. The molecule has 0 amide bonds. The zero-order chi connectivity index (χ0) is 17.9. The molecule has 5 rings (SSSR count). The summed E-state index contributed by atoms with van der Waals surface area (Å²) >= 11 is 0. The fourth-order valence-electron chi connectivity index (χ4n) is 6.55. The molecule has 2 fully saturated rings. The van der Waals surface area contributed by atoms with Crippen LogP contribution in [0.2, 0.25) is 0 Å². The Morgan fingerprint density at radius 3 is 2.65 bits per heavy atom. The normalized spacial score (nSPS) is 31.3. The maximum atomic E-state index is 12.9. The molecule has 1 spiro atoms. The molecule has 1 aromatic rings. The van der Waals surface area contributed by atoms with Gasteiger partial charge in [-0.25, -0.2) is 8.42 Å². The fraction of sp³-hybridized carbons (Fsp3) is 0.636. The van der Waals surface area contributed by atoms with Gasteiger partial charge >= 0.3 is 0 Å². The van der Waals surface area contributed by atoms with Crippen LogP contribution in [0.4, 0.5) is 0 Å². The van der Waals surface area contributed by atoms with Gasteiger partial charge in [-0.15, -0.1) is 0 Å². The Kier molecular flexibility index (Phi) is 3.79. The molecule has 4 aliphatic rings. The van der Waals surface area contributed by atoms with Crippen LogP contribution in [0.25, 0.3) is 5.57 Å². The second-order valence-corrected chi connectivity index (χ2v) is 11.1. The van der Waals surface area contributed by atoms with E-state index in [4.69, 9.17) is 4.74 Å². The predicted molar refractivity (Wildman–Crippen MR) is 104 cm³/mol. The summed E-state index contributed by atoms with van der Waals surface area (Å²) in [6.45, 7) is 0. The molecule has 3 aliphatic carbocycles. The van der Waals surface area contributed by atoms with E-state index in [1.165, 1.54) is 48.0 Å². The van der Waals surface area contributed by atoms with Crippen molar-refractivity contribution in [1.82, 2.24) is 0 Å². The average molecular weight is 373 g/mol. The molecule has 2 atom stereocenters. The van der Waals surface area contributed by atoms with Crippen molar-refractivity contribution in [2.75, 3.05) is 12.9 Å². The molecule has 1 aliphatic heterocycles. The first-order chi connectivity index (χ1) is 12.5. The minimum Gasteiger partial charge on any atom is -0.497 e. The highest BCUT2D eigenvalue weighted by Crippen LogP contribution is 2.60. The highest BCUT2D eigenvalue weighted by molar-refractivity contribution is 7.92. The lowest BCUT2D eigenvalue weighted by Crippen LogP contribution is -2.50. The molecule has 0 aromatic heterocycles. The monoisotopic (exact) mass is 372 g/mol. The van der Waals surface area contributed by atoms with Gasteiger partial charge in [-0.3, -0.25) is 0 Å². The quantitative estimate of drug-likeness (QED) is 0.726. The number of methoxy groups -OCH3 is 1. The summed E-state index contributed by atoms with van der Waals surface area (Å²) in [6, 6.07) is 6.44. The molecule has 0 N–H and O–H groups in total. The highest BCUT2D eigenvalue weighted by Gasteiger charge is 2.55. The number of ether oxygens (including phenoxy) is 1. The number of sulfone groups is 1. The summed E-state index contributed by atoms with van der Waals surface area (Å²) in [5, 5.41) is -0.118. The second kappa shape index (κ2) is 5.85. The van der Waals surface area contributed by atoms with E-state index in [0.29, 0.717) is 5.75 Å². The van der Waals surface area contributed by atoms with Gasteiger partial charge in [0.1, 0.15) is 5.75 Å². The molecule has 1 saturated carbocycles. The zero-order valence-electron chi connectivity index (χ0n) is 15.6. The molecule has 2 unspecified atom stereocenters. The minimum absolute atomic E-state index is 0.118. The van der Waals surface area contributed by atoms with Crippen molar-refractivity contribution in [3.63, 3.8) is 0 Å². The van der Waals surface area contributed by atoms with E-state index in [1.807, 2.05) is 0 Å². The number of hydrogen-bond acceptors (Lipinski definition) is 3. The Hall–Kier alpha value is -1.29. The van der Waals surface area contributed by atoms with Gasteiger partial charge in [0.25, 0.3) is 0 Å². The average Bonchev–Trinajstić information content (AvgIpc) is 3.13. The summed E-state index contributed by atoms with van der Waals surface area (Å²) < 4.78 is 31.3. The molecule has 4 heteroatoms. The SMILES string of the molecule is COc1ccc2c(c1)CCC1=C2CCC2C1C1(CCCC1)CCS2(=O)=O. The van der Waals surface area contributed by atoms with Gasteiger partial charge < -0.3 is 4.74 Å². The molecule has 0 bridgehead atoms. The molecular weight excluding hydrogens is 344 g/mol. The van der Waals surface area contributed by atoms with Crippen LogP contribution in [0.5, 0.6) is 5.75 Å². The molecule has 3 nitrogen and oxygen atoms in total. The van der Waals surface area contributed by atoms with E-state index in [9.17, 15) is 8.42 Å². The van der Waals surface area contributed by atoms with Crippen LogP contribution >= 0.6 is 0 Å². The van der Waals surface area contributed by atoms with Crippen LogP contribution in [0.1, 0.15) is 62.5 Å². The Balaban J connectivity index is 1.65. The largest absolute Gasteiger partial charge is 0.497 e. The van der Waals surface area contributed by atoms with Crippen LogP contribution in [-0.2, 0) is 16.3 Å². The third kappa shape index (κ3) is 2.33. The second-order valence-electron chi connectivity index (χ2n) is 8.77. The smallest absolute Gasteiger partial charge is 0.153 e. The van der Waals surface area contributed by atoms with Crippen molar-refractivity contribution >= 4 is 15.4 Å². The Morgan fingerprint density at radius 2 is 1.88 bits per heavy atom. The van der Waals surface area contributed by atoms with Crippen LogP contribution in [0.15, 0.2) is 23.8 Å². The van der Waals surface area contributed by atoms with Gasteiger partial charge in [-0.1, -0.05) is 24.5 Å². The third-order valence-corrected chi connectivity index (χ3v) is 9.92. The summed E-state index contributed by atoms with van der Waals surface area (Å²) in [5.74, 6) is 1.63. The summed E-state index contributed by atoms with van der Waals surface area (Å²) in [7, 11) is -1.22. The van der Waals surface area contributed by atoms with Crippen LogP contribution < -0.4 is 4.74 Å². The standard InChI is InChI=1S/C22H28O3S/c1-25-16-5-7-17-15(14-16)4-6-19-18(17)8-9-20-21(19)22(10-2-3-11-22)12-13-26(20,23)24/h5,7,14,20-21H,2-4,6,8-13H2,1H3. The molecule has 1 heterocycles. The van der Waals surface area contributed by atoms with Crippen LogP contribution in [-0.4, -0.2) is 26.5 Å². The van der Waals surface area contributed by atoms with Crippen molar-refractivity contribution in [3.05, 3.63) is 34.9 Å². The van der Waals surface area contributed by atoms with E-state index in [1.54, 1.807) is 7.11 Å². The summed E-state index contributed by atoms with van der Waals surface area (Å²) in [6.07, 6.45) is 9.71. The Labute approximate surface area is 156 Å². The topological polar surface area (TPSA) is 43.4 Å². The van der Waals surface area contributed by atoms with Gasteiger partial charge in [0, 0.05) is 5.92 Å². The van der Waals surface area contributed by atoms with Gasteiger partial charge in [0.15, 0.2) is 9.84 Å². The predicted octanol–water partition coefficient (Wildman–Crippen LogP) is 4.55. The van der Waals surface area contributed by atoms with E-state index in [0.717, 1.165) is 37.9 Å². The van der Waals surface area contributed by atoms with Crippen molar-refractivity contribution < 1.29 is 13.2 Å². The van der Waals surface area contributed by atoms with Crippen molar-refractivity contribution in [2.45, 2.75) is 63.0 Å². The first-order valence-corrected chi connectivity index (χ1v) is 11.9. The van der Waals surface area contributed by atoms with E-state index >= 15 is 0 Å². The highest BCUT2D eigenvalue weighted by atomic mass is 32.2. The Bertz CT molecular complexity index is 875.